The molecule has 1 aliphatic rings. The van der Waals surface area contributed by atoms with E-state index in [0.717, 1.165) is 10.0 Å². The first-order valence-corrected chi connectivity index (χ1v) is 7.85. The highest BCUT2D eigenvalue weighted by Gasteiger charge is 2.16. The van der Waals surface area contributed by atoms with Crippen LogP contribution in [0.2, 0.25) is 0 Å². The summed E-state index contributed by atoms with van der Waals surface area (Å²) in [7, 11) is 0. The number of rotatable bonds is 4. The Hall–Kier alpha value is -2.08. The van der Waals surface area contributed by atoms with Crippen LogP contribution in [0.15, 0.2) is 34.8 Å². The maximum absolute atomic E-state index is 13.3. The van der Waals surface area contributed by atoms with Crippen LogP contribution in [-0.4, -0.2) is 19.0 Å². The highest BCUT2D eigenvalue weighted by Crippen LogP contribution is 2.36. The van der Waals surface area contributed by atoms with Crippen molar-refractivity contribution in [3.8, 4) is 17.2 Å². The third-order valence-corrected chi connectivity index (χ3v) is 4.15. The van der Waals surface area contributed by atoms with Crippen molar-refractivity contribution in [2.24, 2.45) is 0 Å². The molecule has 1 heterocycles. The molecule has 0 bridgehead atoms. The van der Waals surface area contributed by atoms with Gasteiger partial charge in [0.05, 0.1) is 5.56 Å². The molecule has 4 nitrogen and oxygen atoms in total. The number of fused-ring (bicyclic) bond motifs is 1. The average Bonchev–Trinajstić information content (AvgIpc) is 2.53. The molecule has 0 spiro atoms. The van der Waals surface area contributed by atoms with E-state index in [-0.39, 0.29) is 18.0 Å². The van der Waals surface area contributed by atoms with Crippen molar-refractivity contribution < 1.29 is 23.4 Å². The third kappa shape index (κ3) is 3.47. The average molecular weight is 381 g/mol. The van der Waals surface area contributed by atoms with Crippen LogP contribution in [0.25, 0.3) is 0 Å². The predicted molar refractivity (Wildman–Crippen MR) is 85.9 cm³/mol. The van der Waals surface area contributed by atoms with Crippen molar-refractivity contribution in [3.05, 3.63) is 51.7 Å². The lowest BCUT2D eigenvalue weighted by atomic mass is 10.1. The van der Waals surface area contributed by atoms with Crippen molar-refractivity contribution in [1.29, 1.82) is 0 Å². The minimum absolute atomic E-state index is 0.211. The fraction of sp³-hybridized carbons (Fsp3) is 0.235. The Morgan fingerprint density at radius 1 is 1.22 bits per heavy atom. The molecule has 2 aromatic rings. The molecule has 6 heteroatoms. The molecule has 0 atom stereocenters. The highest BCUT2D eigenvalue weighted by molar-refractivity contribution is 9.10. The van der Waals surface area contributed by atoms with Crippen LogP contribution < -0.4 is 14.2 Å². The lowest BCUT2D eigenvalue weighted by Gasteiger charge is -2.20. The molecule has 0 amide bonds. The fourth-order valence-electron chi connectivity index (χ4n) is 2.28. The number of hydrogen-bond donors (Lipinski definition) is 0. The summed E-state index contributed by atoms with van der Waals surface area (Å²) in [4.78, 5) is 11.6. The SMILES string of the molecule is CC(=O)c1cc(F)ccc1OCc1cc2c(cc1Br)OCCO2. The molecule has 0 unspecified atom stereocenters. The van der Waals surface area contributed by atoms with Gasteiger partial charge in [-0.15, -0.1) is 0 Å². The lowest BCUT2D eigenvalue weighted by molar-refractivity contribution is 0.101. The number of carbonyl (C=O) groups excluding carboxylic acids is 1. The van der Waals surface area contributed by atoms with Gasteiger partial charge in [-0.2, -0.15) is 0 Å². The number of Topliss-reactive ketones (excluding diaryl/α,β-unsaturated/α-hetero) is 1. The second kappa shape index (κ2) is 6.58. The normalized spacial score (nSPS) is 12.8. The molecule has 3 rings (SSSR count). The Balaban J connectivity index is 1.82. The van der Waals surface area contributed by atoms with E-state index in [2.05, 4.69) is 15.9 Å². The van der Waals surface area contributed by atoms with Gasteiger partial charge >= 0.3 is 0 Å². The Bertz CT molecular complexity index is 760. The van der Waals surface area contributed by atoms with Crippen molar-refractivity contribution in [1.82, 2.24) is 0 Å². The maximum atomic E-state index is 13.3. The highest BCUT2D eigenvalue weighted by atomic mass is 79.9. The molecule has 23 heavy (non-hydrogen) atoms. The number of ketones is 1. The van der Waals surface area contributed by atoms with Crippen molar-refractivity contribution in [3.63, 3.8) is 0 Å². The van der Waals surface area contributed by atoms with Crippen molar-refractivity contribution in [2.45, 2.75) is 13.5 Å². The standard InChI is InChI=1S/C17H14BrFO4/c1-10(20)13-7-12(19)2-3-15(13)23-9-11-6-16-17(8-14(11)18)22-5-4-21-16/h2-3,6-8H,4-5,9H2,1H3. The van der Waals surface area contributed by atoms with Gasteiger partial charge in [-0.3, -0.25) is 4.79 Å². The molecular formula is C17H14BrFO4. The first-order valence-electron chi connectivity index (χ1n) is 7.06. The molecule has 1 aliphatic heterocycles. The van der Waals surface area contributed by atoms with Crippen LogP contribution in [0.3, 0.4) is 0 Å². The minimum Gasteiger partial charge on any atom is -0.488 e. The summed E-state index contributed by atoms with van der Waals surface area (Å²) in [6.07, 6.45) is 0. The molecule has 120 valence electrons. The molecule has 0 N–H and O–H groups in total. The monoisotopic (exact) mass is 380 g/mol. The first-order chi connectivity index (χ1) is 11.0. The van der Waals surface area contributed by atoms with E-state index >= 15 is 0 Å². The molecule has 0 radical (unpaired) electrons. The summed E-state index contributed by atoms with van der Waals surface area (Å²) in [6.45, 7) is 2.61. The maximum Gasteiger partial charge on any atom is 0.163 e. The zero-order valence-corrected chi connectivity index (χ0v) is 14.0. The Labute approximate surface area is 141 Å². The van der Waals surface area contributed by atoms with Crippen LogP contribution >= 0.6 is 15.9 Å². The summed E-state index contributed by atoms with van der Waals surface area (Å²) in [6, 6.07) is 7.55. The van der Waals surface area contributed by atoms with Crippen LogP contribution in [0.1, 0.15) is 22.8 Å². The van der Waals surface area contributed by atoms with E-state index in [4.69, 9.17) is 14.2 Å². The van der Waals surface area contributed by atoms with Crippen LogP contribution in [-0.2, 0) is 6.61 Å². The second-order valence-corrected chi connectivity index (χ2v) is 5.93. The zero-order chi connectivity index (χ0) is 16.4. The number of benzene rings is 2. The smallest absolute Gasteiger partial charge is 0.163 e. The van der Waals surface area contributed by atoms with E-state index in [1.54, 1.807) is 0 Å². The van der Waals surface area contributed by atoms with Crippen molar-refractivity contribution in [2.75, 3.05) is 13.2 Å². The number of carbonyl (C=O) groups is 1. The van der Waals surface area contributed by atoms with E-state index in [1.807, 2.05) is 12.1 Å². The number of halogens is 2. The van der Waals surface area contributed by atoms with E-state index in [9.17, 15) is 9.18 Å². The number of ether oxygens (including phenoxy) is 3. The van der Waals surface area contributed by atoms with Crippen LogP contribution in [0.5, 0.6) is 17.2 Å². The van der Waals surface area contributed by atoms with Gasteiger partial charge in [0.15, 0.2) is 17.3 Å². The van der Waals surface area contributed by atoms with Gasteiger partial charge in [0.25, 0.3) is 0 Å². The van der Waals surface area contributed by atoms with Gasteiger partial charge in [0.2, 0.25) is 0 Å². The van der Waals surface area contributed by atoms with Gasteiger partial charge in [0.1, 0.15) is 31.4 Å². The zero-order valence-electron chi connectivity index (χ0n) is 12.4. The Morgan fingerprint density at radius 2 is 1.91 bits per heavy atom. The summed E-state index contributed by atoms with van der Waals surface area (Å²) < 4.78 is 30.8. The Morgan fingerprint density at radius 3 is 2.61 bits per heavy atom. The molecule has 0 saturated heterocycles. The van der Waals surface area contributed by atoms with Crippen molar-refractivity contribution >= 4 is 21.7 Å². The quantitative estimate of drug-likeness (QED) is 0.747. The molecule has 0 aromatic heterocycles. The van der Waals surface area contributed by atoms with E-state index in [0.29, 0.717) is 30.5 Å². The Kier molecular flexibility index (Phi) is 4.52. The lowest BCUT2D eigenvalue weighted by Crippen LogP contribution is -2.15. The first kappa shape index (κ1) is 15.8. The summed E-state index contributed by atoms with van der Waals surface area (Å²) >= 11 is 3.47. The molecular weight excluding hydrogens is 367 g/mol. The fourth-order valence-corrected chi connectivity index (χ4v) is 2.71. The molecule has 0 saturated carbocycles. The van der Waals surface area contributed by atoms with Gasteiger partial charge in [-0.25, -0.2) is 4.39 Å². The molecule has 0 aliphatic carbocycles. The summed E-state index contributed by atoms with van der Waals surface area (Å²) in [5.41, 5.74) is 1.06. The minimum atomic E-state index is -0.469. The van der Waals surface area contributed by atoms with Crippen LogP contribution in [0, 0.1) is 5.82 Å². The predicted octanol–water partition coefficient (Wildman–Crippen LogP) is 4.14. The van der Waals surface area contributed by atoms with Gasteiger partial charge in [-0.05, 0) is 37.3 Å². The number of hydrogen-bond acceptors (Lipinski definition) is 4. The van der Waals surface area contributed by atoms with Gasteiger partial charge in [-0.1, -0.05) is 15.9 Å². The summed E-state index contributed by atoms with van der Waals surface area (Å²) in [5.74, 6) is 0.964. The van der Waals surface area contributed by atoms with E-state index in [1.165, 1.54) is 25.1 Å². The second-order valence-electron chi connectivity index (χ2n) is 5.07. The largest absolute Gasteiger partial charge is 0.488 e. The molecule has 0 fully saturated rings. The van der Waals surface area contributed by atoms with Gasteiger partial charge in [0, 0.05) is 10.0 Å². The van der Waals surface area contributed by atoms with Crippen LogP contribution in [0.4, 0.5) is 4.39 Å². The summed E-state index contributed by atoms with van der Waals surface area (Å²) in [5, 5.41) is 0. The third-order valence-electron chi connectivity index (χ3n) is 3.42. The van der Waals surface area contributed by atoms with E-state index < -0.39 is 5.82 Å². The topological polar surface area (TPSA) is 44.8 Å². The molecule has 2 aromatic carbocycles. The van der Waals surface area contributed by atoms with Gasteiger partial charge < -0.3 is 14.2 Å².